The molecule has 46 heavy (non-hydrogen) atoms. The van der Waals surface area contributed by atoms with Crippen LogP contribution in [0.4, 0.5) is 11.4 Å². The van der Waals surface area contributed by atoms with Crippen LogP contribution in [0.5, 0.6) is 11.5 Å². The SMILES string of the molecule is CN(C)c1ccc(-c2ccc(-c3ccc4c(c3)C(C)(C)C3(C=Cc5cc6c(cc5O3)C=CC(C)(C)O6)N4C)cc2)cc1C(C)(C)C. The number of anilines is 2. The zero-order valence-electron chi connectivity index (χ0n) is 28.9. The standard InChI is InChI=1S/C42H46N2O2/c1-39(2,3)33-23-29(15-17-35(33)43(8)9)27-11-13-28(14-12-27)30-16-18-36-34(24-30)41(6,7)42(44(36)10)22-20-32-25-37-31(26-38(32)46-42)19-21-40(4,5)45-37/h11-26H,1-10H3. The van der Waals surface area contributed by atoms with Crippen molar-refractivity contribution in [2.24, 2.45) is 0 Å². The van der Waals surface area contributed by atoms with Crippen LogP contribution in [0.1, 0.15) is 70.7 Å². The Morgan fingerprint density at radius 1 is 0.652 bits per heavy atom. The highest BCUT2D eigenvalue weighted by Gasteiger charge is 2.57. The van der Waals surface area contributed by atoms with E-state index < -0.39 is 5.72 Å². The van der Waals surface area contributed by atoms with Gasteiger partial charge in [0.2, 0.25) is 5.72 Å². The Morgan fingerprint density at radius 3 is 1.80 bits per heavy atom. The highest BCUT2D eigenvalue weighted by Crippen LogP contribution is 2.55. The third-order valence-corrected chi connectivity index (χ3v) is 10.2. The van der Waals surface area contributed by atoms with Gasteiger partial charge < -0.3 is 19.3 Å². The number of likely N-dealkylation sites (N-methyl/N-ethyl adjacent to an activating group) is 1. The van der Waals surface area contributed by atoms with Crippen molar-refractivity contribution in [1.29, 1.82) is 0 Å². The van der Waals surface area contributed by atoms with Gasteiger partial charge in [-0.2, -0.15) is 0 Å². The summed E-state index contributed by atoms with van der Waals surface area (Å²) in [4.78, 5) is 4.50. The molecule has 0 aliphatic carbocycles. The summed E-state index contributed by atoms with van der Waals surface area (Å²) < 4.78 is 13.3. The molecule has 0 N–H and O–H groups in total. The molecule has 4 aromatic carbocycles. The average Bonchev–Trinajstić information content (AvgIpc) is 3.16. The quantitative estimate of drug-likeness (QED) is 0.230. The van der Waals surface area contributed by atoms with Gasteiger partial charge in [-0.15, -0.1) is 0 Å². The number of hydrogen-bond acceptors (Lipinski definition) is 4. The van der Waals surface area contributed by atoms with Crippen molar-refractivity contribution in [2.75, 3.05) is 30.9 Å². The number of ether oxygens (including phenoxy) is 2. The molecule has 236 valence electrons. The fraction of sp³-hybridized carbons (Fsp3) is 0.333. The van der Waals surface area contributed by atoms with Gasteiger partial charge in [-0.3, -0.25) is 0 Å². The fourth-order valence-electron chi connectivity index (χ4n) is 7.42. The van der Waals surface area contributed by atoms with E-state index in [1.54, 1.807) is 0 Å². The molecule has 7 rings (SSSR count). The molecule has 0 bridgehead atoms. The highest BCUT2D eigenvalue weighted by atomic mass is 16.5. The lowest BCUT2D eigenvalue weighted by atomic mass is 9.75. The number of nitrogens with zero attached hydrogens (tertiary/aromatic N) is 2. The monoisotopic (exact) mass is 610 g/mol. The zero-order chi connectivity index (χ0) is 32.8. The van der Waals surface area contributed by atoms with Gasteiger partial charge in [-0.1, -0.05) is 63.2 Å². The third kappa shape index (κ3) is 4.64. The van der Waals surface area contributed by atoms with Crippen molar-refractivity contribution < 1.29 is 9.47 Å². The molecule has 0 radical (unpaired) electrons. The van der Waals surface area contributed by atoms with Crippen LogP contribution in [0, 0.1) is 0 Å². The van der Waals surface area contributed by atoms with Gasteiger partial charge in [0.05, 0.1) is 5.41 Å². The molecule has 1 atom stereocenters. The Kier molecular flexibility index (Phi) is 6.59. The smallest absolute Gasteiger partial charge is 0.211 e. The van der Waals surface area contributed by atoms with Crippen LogP contribution in [-0.2, 0) is 10.8 Å². The van der Waals surface area contributed by atoms with Crippen LogP contribution in [0.3, 0.4) is 0 Å². The Bertz CT molecular complexity index is 1920. The highest BCUT2D eigenvalue weighted by molar-refractivity contribution is 5.79. The van der Waals surface area contributed by atoms with Crippen molar-refractivity contribution >= 4 is 23.5 Å². The summed E-state index contributed by atoms with van der Waals surface area (Å²) in [5.41, 5.74) is 10.8. The van der Waals surface area contributed by atoms with Crippen LogP contribution in [0.25, 0.3) is 34.4 Å². The third-order valence-electron chi connectivity index (χ3n) is 10.2. The van der Waals surface area contributed by atoms with Crippen molar-refractivity contribution in [3.8, 4) is 33.8 Å². The maximum atomic E-state index is 7.02. The molecular weight excluding hydrogens is 564 g/mol. The van der Waals surface area contributed by atoms with Crippen LogP contribution in [0.15, 0.2) is 84.9 Å². The lowest BCUT2D eigenvalue weighted by Gasteiger charge is -2.46. The predicted octanol–water partition coefficient (Wildman–Crippen LogP) is 10.1. The Morgan fingerprint density at radius 2 is 1.20 bits per heavy atom. The molecule has 3 aliphatic heterocycles. The van der Waals surface area contributed by atoms with Gasteiger partial charge >= 0.3 is 0 Å². The van der Waals surface area contributed by atoms with E-state index in [1.165, 1.54) is 44.8 Å². The van der Waals surface area contributed by atoms with Gasteiger partial charge in [-0.25, -0.2) is 0 Å². The Hall–Kier alpha value is -4.44. The number of benzene rings is 4. The maximum Gasteiger partial charge on any atom is 0.211 e. The topological polar surface area (TPSA) is 24.9 Å². The van der Waals surface area contributed by atoms with Crippen molar-refractivity contribution in [1.82, 2.24) is 0 Å². The molecule has 4 heteroatoms. The van der Waals surface area contributed by atoms with Crippen LogP contribution >= 0.6 is 0 Å². The summed E-state index contributed by atoms with van der Waals surface area (Å²) in [7, 11) is 6.38. The molecule has 4 aromatic rings. The molecule has 0 aromatic heterocycles. The number of fused-ring (bicyclic) bond motifs is 3. The first-order valence-corrected chi connectivity index (χ1v) is 16.4. The number of hydrogen-bond donors (Lipinski definition) is 0. The number of rotatable bonds is 3. The van der Waals surface area contributed by atoms with Gasteiger partial charge in [0, 0.05) is 43.6 Å². The second-order valence-electron chi connectivity index (χ2n) is 15.5. The van der Waals surface area contributed by atoms with E-state index in [9.17, 15) is 0 Å². The van der Waals surface area contributed by atoms with Crippen LogP contribution < -0.4 is 19.3 Å². The molecule has 3 heterocycles. The maximum absolute atomic E-state index is 7.02. The minimum absolute atomic E-state index is 0.0542. The largest absolute Gasteiger partial charge is 0.483 e. The minimum Gasteiger partial charge on any atom is -0.483 e. The summed E-state index contributed by atoms with van der Waals surface area (Å²) in [5.74, 6) is 1.78. The zero-order valence-corrected chi connectivity index (χ0v) is 28.9. The summed E-state index contributed by atoms with van der Waals surface area (Å²) >= 11 is 0. The van der Waals surface area contributed by atoms with E-state index in [2.05, 4.69) is 177 Å². The molecular formula is C42H46N2O2. The van der Waals surface area contributed by atoms with E-state index >= 15 is 0 Å². The Labute approximate surface area is 275 Å². The Balaban J connectivity index is 1.20. The fourth-order valence-corrected chi connectivity index (χ4v) is 7.42. The molecule has 1 spiro atoms. The van der Waals surface area contributed by atoms with Gasteiger partial charge in [-0.05, 0) is 121 Å². The van der Waals surface area contributed by atoms with E-state index in [0.29, 0.717) is 0 Å². The molecule has 0 saturated carbocycles. The summed E-state index contributed by atoms with van der Waals surface area (Å²) in [6.45, 7) is 15.6. The lowest BCUT2D eigenvalue weighted by Crippen LogP contribution is -2.58. The first kappa shape index (κ1) is 30.2. The van der Waals surface area contributed by atoms with Gasteiger partial charge in [0.1, 0.15) is 17.1 Å². The minimum atomic E-state index is -0.652. The van der Waals surface area contributed by atoms with Crippen molar-refractivity contribution in [2.45, 2.75) is 70.6 Å². The van der Waals surface area contributed by atoms with Crippen molar-refractivity contribution in [3.05, 3.63) is 107 Å². The van der Waals surface area contributed by atoms with E-state index in [-0.39, 0.29) is 16.4 Å². The normalized spacial score (nSPS) is 20.1. The summed E-state index contributed by atoms with van der Waals surface area (Å²) in [6, 6.07) is 26.9. The van der Waals surface area contributed by atoms with E-state index in [0.717, 1.165) is 22.6 Å². The second-order valence-corrected chi connectivity index (χ2v) is 15.5. The van der Waals surface area contributed by atoms with Gasteiger partial charge in [0.25, 0.3) is 0 Å². The molecule has 0 amide bonds. The van der Waals surface area contributed by atoms with Crippen LogP contribution in [-0.4, -0.2) is 32.5 Å². The molecule has 0 fully saturated rings. The van der Waals surface area contributed by atoms with E-state index in [4.69, 9.17) is 9.47 Å². The van der Waals surface area contributed by atoms with Crippen LogP contribution in [0.2, 0.25) is 0 Å². The molecule has 1 unspecified atom stereocenters. The van der Waals surface area contributed by atoms with Gasteiger partial charge in [0.15, 0.2) is 0 Å². The van der Waals surface area contributed by atoms with Crippen molar-refractivity contribution in [3.63, 3.8) is 0 Å². The average molecular weight is 611 g/mol. The molecule has 0 saturated heterocycles. The van der Waals surface area contributed by atoms with E-state index in [1.807, 2.05) is 0 Å². The summed E-state index contributed by atoms with van der Waals surface area (Å²) in [5, 5.41) is 0. The molecule has 4 nitrogen and oxygen atoms in total. The first-order chi connectivity index (χ1) is 21.6. The first-order valence-electron chi connectivity index (χ1n) is 16.4. The second kappa shape index (κ2) is 10.0. The predicted molar refractivity (Wildman–Crippen MR) is 194 cm³/mol. The molecule has 3 aliphatic rings. The summed E-state index contributed by atoms with van der Waals surface area (Å²) in [6.07, 6.45) is 8.68. The lowest BCUT2D eigenvalue weighted by molar-refractivity contribution is 0.0579.